The number of hydrogen-bond donors (Lipinski definition) is 1. The van der Waals surface area contributed by atoms with Gasteiger partial charge in [-0.2, -0.15) is 4.31 Å². The standard InChI is InChI=1S/C25H40N4O4S/c1-21(2)13-14-26-24(31)25(3)20-28(34(32,33)22-11-6-4-7-12-22)19-23(30)29(25)18-10-17-27-15-8-5-9-16-27/h4,6-7,11-12,21H,5,8-10,13-20H2,1-3H3,(H,26,31). The molecule has 1 N–H and O–H groups in total. The zero-order valence-electron chi connectivity index (χ0n) is 20.8. The molecule has 2 fully saturated rings. The van der Waals surface area contributed by atoms with E-state index in [4.69, 9.17) is 0 Å². The van der Waals surface area contributed by atoms with Crippen molar-refractivity contribution in [2.24, 2.45) is 5.92 Å². The van der Waals surface area contributed by atoms with Crippen molar-refractivity contribution in [3.05, 3.63) is 30.3 Å². The van der Waals surface area contributed by atoms with E-state index in [2.05, 4.69) is 24.1 Å². The molecule has 0 aromatic heterocycles. The first-order chi connectivity index (χ1) is 16.1. The molecule has 0 bridgehead atoms. The van der Waals surface area contributed by atoms with Gasteiger partial charge in [0.2, 0.25) is 21.8 Å². The zero-order chi connectivity index (χ0) is 24.8. The number of carbonyl (C=O) groups excluding carboxylic acids is 2. The molecule has 2 amide bonds. The van der Waals surface area contributed by atoms with Crippen LogP contribution in [0, 0.1) is 5.92 Å². The van der Waals surface area contributed by atoms with Gasteiger partial charge in [-0.05, 0) is 70.3 Å². The number of sulfonamides is 1. The predicted octanol–water partition coefficient (Wildman–Crippen LogP) is 2.32. The average Bonchev–Trinajstić information content (AvgIpc) is 2.81. The minimum atomic E-state index is -3.90. The van der Waals surface area contributed by atoms with E-state index in [0.29, 0.717) is 19.0 Å². The largest absolute Gasteiger partial charge is 0.354 e. The number of piperazine rings is 1. The van der Waals surface area contributed by atoms with Crippen LogP contribution in [0.1, 0.15) is 52.9 Å². The lowest BCUT2D eigenvalue weighted by atomic mass is 9.95. The number of nitrogens with zero attached hydrogens (tertiary/aromatic N) is 3. The number of piperidine rings is 1. The molecule has 190 valence electrons. The number of benzene rings is 1. The Balaban J connectivity index is 1.78. The lowest BCUT2D eigenvalue weighted by molar-refractivity contribution is -0.152. The predicted molar refractivity (Wildman–Crippen MR) is 133 cm³/mol. The summed E-state index contributed by atoms with van der Waals surface area (Å²) >= 11 is 0. The number of nitrogens with one attached hydrogen (secondary N) is 1. The Morgan fingerprint density at radius 1 is 1.09 bits per heavy atom. The van der Waals surface area contributed by atoms with E-state index < -0.39 is 15.6 Å². The van der Waals surface area contributed by atoms with Gasteiger partial charge in [-0.3, -0.25) is 9.59 Å². The second-order valence-electron chi connectivity index (χ2n) is 10.1. The first-order valence-corrected chi connectivity index (χ1v) is 13.9. The van der Waals surface area contributed by atoms with Crippen molar-refractivity contribution in [3.63, 3.8) is 0 Å². The van der Waals surface area contributed by atoms with Gasteiger partial charge in [0, 0.05) is 19.6 Å². The summed E-state index contributed by atoms with van der Waals surface area (Å²) in [5, 5.41) is 2.96. The third-order valence-electron chi connectivity index (χ3n) is 6.87. The maximum Gasteiger partial charge on any atom is 0.247 e. The van der Waals surface area contributed by atoms with E-state index >= 15 is 0 Å². The summed E-state index contributed by atoms with van der Waals surface area (Å²) < 4.78 is 27.7. The van der Waals surface area contributed by atoms with Gasteiger partial charge in [-0.1, -0.05) is 38.5 Å². The Morgan fingerprint density at radius 2 is 1.76 bits per heavy atom. The summed E-state index contributed by atoms with van der Waals surface area (Å²) in [6, 6.07) is 8.10. The molecule has 0 saturated carbocycles. The second kappa shape index (κ2) is 11.6. The van der Waals surface area contributed by atoms with E-state index in [1.54, 1.807) is 30.0 Å². The quantitative estimate of drug-likeness (QED) is 0.541. The van der Waals surface area contributed by atoms with Crippen molar-refractivity contribution in [2.75, 3.05) is 45.8 Å². The first kappa shape index (κ1) is 26.6. The zero-order valence-corrected chi connectivity index (χ0v) is 21.6. The monoisotopic (exact) mass is 492 g/mol. The van der Waals surface area contributed by atoms with Crippen LogP contribution >= 0.6 is 0 Å². The molecule has 2 heterocycles. The average molecular weight is 493 g/mol. The van der Waals surface area contributed by atoms with Crippen molar-refractivity contribution in [1.29, 1.82) is 0 Å². The van der Waals surface area contributed by atoms with Gasteiger partial charge in [-0.15, -0.1) is 0 Å². The third kappa shape index (κ3) is 6.37. The van der Waals surface area contributed by atoms with Gasteiger partial charge < -0.3 is 15.1 Å². The summed E-state index contributed by atoms with van der Waals surface area (Å²) in [5.74, 6) is -0.199. The summed E-state index contributed by atoms with van der Waals surface area (Å²) in [7, 11) is -3.90. The summed E-state index contributed by atoms with van der Waals surface area (Å²) in [5.41, 5.74) is -1.27. The van der Waals surface area contributed by atoms with Crippen LogP contribution in [-0.4, -0.2) is 85.7 Å². The molecule has 0 aliphatic carbocycles. The normalized spacial score (nSPS) is 22.8. The SMILES string of the molecule is CC(C)CCNC(=O)C1(C)CN(S(=O)(=O)c2ccccc2)CC(=O)N1CCCN1CCCCC1. The molecule has 2 aliphatic rings. The molecule has 8 nitrogen and oxygen atoms in total. The number of hydrogen-bond acceptors (Lipinski definition) is 5. The first-order valence-electron chi connectivity index (χ1n) is 12.5. The molecule has 3 rings (SSSR count). The summed E-state index contributed by atoms with van der Waals surface area (Å²) in [4.78, 5) is 30.8. The maximum atomic E-state index is 13.4. The Hall–Kier alpha value is -1.97. The molecule has 1 aromatic carbocycles. The van der Waals surface area contributed by atoms with Crippen LogP contribution in [-0.2, 0) is 19.6 Å². The van der Waals surface area contributed by atoms with E-state index in [1.807, 2.05) is 0 Å². The van der Waals surface area contributed by atoms with E-state index in [0.717, 1.165) is 36.8 Å². The van der Waals surface area contributed by atoms with Crippen LogP contribution in [0.15, 0.2) is 35.2 Å². The highest BCUT2D eigenvalue weighted by molar-refractivity contribution is 7.89. The lowest BCUT2D eigenvalue weighted by Crippen LogP contribution is -2.70. The lowest BCUT2D eigenvalue weighted by Gasteiger charge is -2.47. The highest BCUT2D eigenvalue weighted by atomic mass is 32.2. The molecule has 2 aliphatic heterocycles. The Morgan fingerprint density at radius 3 is 2.41 bits per heavy atom. The molecule has 1 atom stereocenters. The van der Waals surface area contributed by atoms with E-state index in [9.17, 15) is 18.0 Å². The molecule has 2 saturated heterocycles. The fourth-order valence-corrected chi connectivity index (χ4v) is 6.27. The molecule has 1 unspecified atom stereocenters. The number of rotatable bonds is 10. The van der Waals surface area contributed by atoms with Gasteiger partial charge >= 0.3 is 0 Å². The molecule has 0 radical (unpaired) electrons. The van der Waals surface area contributed by atoms with E-state index in [-0.39, 0.29) is 29.8 Å². The highest BCUT2D eigenvalue weighted by Gasteiger charge is 2.50. The van der Waals surface area contributed by atoms with Crippen molar-refractivity contribution < 1.29 is 18.0 Å². The van der Waals surface area contributed by atoms with Gasteiger partial charge in [-0.25, -0.2) is 8.42 Å². The molecule has 34 heavy (non-hydrogen) atoms. The second-order valence-corrected chi connectivity index (χ2v) is 12.0. The Labute approximate surface area is 204 Å². The smallest absolute Gasteiger partial charge is 0.247 e. The van der Waals surface area contributed by atoms with E-state index in [1.165, 1.54) is 31.4 Å². The van der Waals surface area contributed by atoms with Crippen molar-refractivity contribution >= 4 is 21.8 Å². The summed E-state index contributed by atoms with van der Waals surface area (Å²) in [6.07, 6.45) is 5.24. The van der Waals surface area contributed by atoms with Gasteiger partial charge in [0.05, 0.1) is 11.4 Å². The number of likely N-dealkylation sites (tertiary alicyclic amines) is 1. The molecule has 9 heteroatoms. The van der Waals surface area contributed by atoms with Crippen LogP contribution in [0.2, 0.25) is 0 Å². The number of carbonyl (C=O) groups is 2. The molecule has 1 aromatic rings. The Kier molecular flexibility index (Phi) is 9.12. The van der Waals surface area contributed by atoms with Gasteiger partial charge in [0.15, 0.2) is 0 Å². The fraction of sp³-hybridized carbons (Fsp3) is 0.680. The van der Waals surface area contributed by atoms with Crippen molar-refractivity contribution in [1.82, 2.24) is 19.4 Å². The number of amides is 2. The molecular weight excluding hydrogens is 452 g/mol. The van der Waals surface area contributed by atoms with Crippen LogP contribution in [0.3, 0.4) is 0 Å². The summed E-state index contributed by atoms with van der Waals surface area (Å²) in [6.45, 7) is 9.50. The van der Waals surface area contributed by atoms with Crippen LogP contribution in [0.25, 0.3) is 0 Å². The fourth-order valence-electron chi connectivity index (χ4n) is 4.77. The Bertz CT molecular complexity index is 931. The third-order valence-corrected chi connectivity index (χ3v) is 8.68. The molecular formula is C25H40N4O4S. The van der Waals surface area contributed by atoms with Crippen LogP contribution < -0.4 is 5.32 Å². The van der Waals surface area contributed by atoms with Gasteiger partial charge in [0.1, 0.15) is 5.54 Å². The minimum Gasteiger partial charge on any atom is -0.354 e. The molecule has 0 spiro atoms. The maximum absolute atomic E-state index is 13.4. The van der Waals surface area contributed by atoms with Crippen molar-refractivity contribution in [3.8, 4) is 0 Å². The van der Waals surface area contributed by atoms with Crippen LogP contribution in [0.5, 0.6) is 0 Å². The van der Waals surface area contributed by atoms with Crippen LogP contribution in [0.4, 0.5) is 0 Å². The highest BCUT2D eigenvalue weighted by Crippen LogP contribution is 2.28. The topological polar surface area (TPSA) is 90.0 Å². The van der Waals surface area contributed by atoms with Gasteiger partial charge in [0.25, 0.3) is 0 Å². The van der Waals surface area contributed by atoms with Crippen molar-refractivity contribution in [2.45, 2.75) is 63.3 Å². The minimum absolute atomic E-state index is 0.0623.